The summed E-state index contributed by atoms with van der Waals surface area (Å²) in [7, 11) is -3.10. The quantitative estimate of drug-likeness (QED) is 0.129. The maximum Gasteiger partial charge on any atom is 0.184 e. The Morgan fingerprint density at radius 3 is 1.98 bits per heavy atom. The highest BCUT2D eigenvalue weighted by molar-refractivity contribution is 7.21. The Labute approximate surface area is 333 Å². The first-order valence-corrected chi connectivity index (χ1v) is 21.5. The van der Waals surface area contributed by atoms with Crippen LogP contribution < -0.4 is 25.6 Å². The third-order valence-corrected chi connectivity index (χ3v) is 16.9. The summed E-state index contributed by atoms with van der Waals surface area (Å²) < 4.78 is 26.3. The monoisotopic (exact) mass is 764 g/mol. The molecule has 7 aromatic carbocycles. The topological polar surface area (TPSA) is 46.6 Å². The van der Waals surface area contributed by atoms with E-state index in [2.05, 4.69) is 118 Å². The average Bonchev–Trinajstić information content (AvgIpc) is 3.94. The number of alkyl halides is 1. The van der Waals surface area contributed by atoms with Crippen molar-refractivity contribution in [3.8, 4) is 0 Å². The molecular formula is C51H33FN4OSi. The van der Waals surface area contributed by atoms with Gasteiger partial charge in [0, 0.05) is 51.5 Å². The van der Waals surface area contributed by atoms with E-state index in [1.54, 1.807) is 0 Å². The maximum atomic E-state index is 17.5. The second kappa shape index (κ2) is 12.6. The molecule has 1 atom stereocenters. The number of para-hydroxylation sites is 2. The fourth-order valence-electron chi connectivity index (χ4n) is 9.57. The SMILES string of the molecule is FC(c1ccc2c(c1)N(c1ccccn1)c1cc3c(cc1[Si]2(c1ccccc1)c1ccccc1)oc1ccccc13)c1ccc2c3ccccc3n3ccnc3c2c1. The number of rotatable bonds is 5. The van der Waals surface area contributed by atoms with Gasteiger partial charge in [0.15, 0.2) is 14.2 Å². The van der Waals surface area contributed by atoms with Gasteiger partial charge in [0.2, 0.25) is 0 Å². The highest BCUT2D eigenvalue weighted by Gasteiger charge is 2.49. The van der Waals surface area contributed by atoms with Crippen LogP contribution >= 0.6 is 0 Å². The van der Waals surface area contributed by atoms with Gasteiger partial charge in [-0.2, -0.15) is 0 Å². The number of aromatic nitrogens is 3. The van der Waals surface area contributed by atoms with E-state index in [0.29, 0.717) is 11.1 Å². The van der Waals surface area contributed by atoms with Crippen LogP contribution in [-0.4, -0.2) is 22.4 Å². The lowest BCUT2D eigenvalue weighted by atomic mass is 9.97. The molecule has 5 heterocycles. The summed E-state index contributed by atoms with van der Waals surface area (Å²) in [6.07, 6.45) is 4.20. The summed E-state index contributed by atoms with van der Waals surface area (Å²) in [5.74, 6) is 0.757. The minimum absolute atomic E-state index is 0.571. The molecule has 0 radical (unpaired) electrons. The van der Waals surface area contributed by atoms with Gasteiger partial charge >= 0.3 is 0 Å². The lowest BCUT2D eigenvalue weighted by Crippen LogP contribution is -2.77. The van der Waals surface area contributed by atoms with Crippen molar-refractivity contribution in [1.82, 2.24) is 14.4 Å². The van der Waals surface area contributed by atoms with Crippen LogP contribution in [0, 0.1) is 0 Å². The van der Waals surface area contributed by atoms with Crippen LogP contribution in [0.15, 0.2) is 199 Å². The summed E-state index contributed by atoms with van der Waals surface area (Å²) in [4.78, 5) is 11.9. The second-order valence-corrected chi connectivity index (χ2v) is 18.8. The second-order valence-electron chi connectivity index (χ2n) is 15.1. The zero-order valence-corrected chi connectivity index (χ0v) is 32.1. The Morgan fingerprint density at radius 2 is 1.19 bits per heavy atom. The van der Waals surface area contributed by atoms with Gasteiger partial charge in [-0.15, -0.1) is 0 Å². The van der Waals surface area contributed by atoms with Gasteiger partial charge in [0.25, 0.3) is 0 Å². The summed E-state index contributed by atoms with van der Waals surface area (Å²) >= 11 is 0. The predicted molar refractivity (Wildman–Crippen MR) is 237 cm³/mol. The molecule has 1 unspecified atom stereocenters. The molecule has 4 aromatic heterocycles. The number of fused-ring (bicyclic) bond motifs is 11. The molecule has 0 amide bonds. The van der Waals surface area contributed by atoms with Crippen molar-refractivity contribution in [2.45, 2.75) is 6.17 Å². The Bertz CT molecular complexity index is 3340. The van der Waals surface area contributed by atoms with Crippen molar-refractivity contribution >= 4 is 95.3 Å². The van der Waals surface area contributed by atoms with Crippen molar-refractivity contribution < 1.29 is 8.81 Å². The molecule has 5 nitrogen and oxygen atoms in total. The van der Waals surface area contributed by atoms with Crippen molar-refractivity contribution in [2.75, 3.05) is 4.90 Å². The van der Waals surface area contributed by atoms with Gasteiger partial charge in [0.1, 0.15) is 22.6 Å². The van der Waals surface area contributed by atoms with Gasteiger partial charge in [-0.05, 0) is 85.8 Å². The number of furan rings is 1. The van der Waals surface area contributed by atoms with Crippen LogP contribution in [0.5, 0.6) is 0 Å². The molecule has 58 heavy (non-hydrogen) atoms. The molecule has 7 heteroatoms. The van der Waals surface area contributed by atoms with Gasteiger partial charge in [0.05, 0.1) is 5.52 Å². The first kappa shape index (κ1) is 32.8. The summed E-state index contributed by atoms with van der Waals surface area (Å²) in [5, 5.41) is 9.94. The summed E-state index contributed by atoms with van der Waals surface area (Å²) in [5.41, 5.74) is 6.64. The van der Waals surface area contributed by atoms with E-state index in [1.165, 1.54) is 15.6 Å². The standard InChI is InChI=1S/C51H33FN4OSi/c52-50(33-22-24-37-38-17-7-9-19-42(38)55-28-27-54-51(55)41(37)29-33)34-23-25-47-43(30-34)56(49-21-11-12-26-53-49)44-31-40-39-18-8-10-20-45(39)57-46(40)32-48(44)58(47,35-13-3-1-4-14-35)36-15-5-2-6-16-36/h1-32,50H. The summed E-state index contributed by atoms with van der Waals surface area (Å²) in [6.45, 7) is 0. The van der Waals surface area contributed by atoms with E-state index >= 15 is 4.39 Å². The van der Waals surface area contributed by atoms with Crippen LogP contribution in [0.1, 0.15) is 17.3 Å². The third kappa shape index (κ3) is 4.62. The normalized spacial score (nSPS) is 14.0. The molecule has 1 aliphatic rings. The number of imidazole rings is 1. The minimum atomic E-state index is -3.10. The number of hydrogen-bond donors (Lipinski definition) is 0. The Hall–Kier alpha value is -7.35. The van der Waals surface area contributed by atoms with Crippen molar-refractivity contribution in [2.24, 2.45) is 0 Å². The molecule has 274 valence electrons. The van der Waals surface area contributed by atoms with Gasteiger partial charge in [-0.3, -0.25) is 9.30 Å². The zero-order valence-electron chi connectivity index (χ0n) is 31.1. The van der Waals surface area contributed by atoms with E-state index < -0.39 is 14.2 Å². The number of pyridine rings is 2. The van der Waals surface area contributed by atoms with Crippen LogP contribution in [0.25, 0.3) is 49.3 Å². The lowest BCUT2D eigenvalue weighted by molar-refractivity contribution is 0.402. The predicted octanol–water partition coefficient (Wildman–Crippen LogP) is 10.2. The number of anilines is 3. The Balaban J connectivity index is 1.15. The van der Waals surface area contributed by atoms with Crippen LogP contribution in [-0.2, 0) is 0 Å². The van der Waals surface area contributed by atoms with Crippen molar-refractivity contribution in [3.05, 3.63) is 206 Å². The molecular weight excluding hydrogens is 732 g/mol. The van der Waals surface area contributed by atoms with Crippen molar-refractivity contribution in [3.63, 3.8) is 0 Å². The zero-order chi connectivity index (χ0) is 38.4. The van der Waals surface area contributed by atoms with Gasteiger partial charge in [-0.25, -0.2) is 14.4 Å². The highest BCUT2D eigenvalue weighted by atomic mass is 28.3. The number of nitrogens with zero attached hydrogens (tertiary/aromatic N) is 4. The molecule has 11 aromatic rings. The van der Waals surface area contributed by atoms with Crippen LogP contribution in [0.4, 0.5) is 21.6 Å². The third-order valence-electron chi connectivity index (χ3n) is 12.1. The number of halogens is 1. The van der Waals surface area contributed by atoms with E-state index in [-0.39, 0.29) is 0 Å². The Morgan fingerprint density at radius 1 is 0.500 bits per heavy atom. The van der Waals surface area contributed by atoms with E-state index in [1.807, 2.05) is 85.3 Å². The first-order chi connectivity index (χ1) is 28.7. The maximum absolute atomic E-state index is 17.5. The molecule has 0 spiro atoms. The molecule has 0 bridgehead atoms. The average molecular weight is 765 g/mol. The number of benzene rings is 7. The molecule has 12 rings (SSSR count). The summed E-state index contributed by atoms with van der Waals surface area (Å²) in [6, 6.07) is 60.9. The molecule has 0 saturated carbocycles. The van der Waals surface area contributed by atoms with E-state index in [4.69, 9.17) is 14.4 Å². The minimum Gasteiger partial charge on any atom is -0.456 e. The first-order valence-electron chi connectivity index (χ1n) is 19.5. The highest BCUT2D eigenvalue weighted by Crippen LogP contribution is 2.43. The van der Waals surface area contributed by atoms with E-state index in [9.17, 15) is 0 Å². The molecule has 0 fully saturated rings. The lowest BCUT2D eigenvalue weighted by Gasteiger charge is -2.44. The fourth-order valence-corrected chi connectivity index (χ4v) is 14.6. The molecule has 0 saturated heterocycles. The van der Waals surface area contributed by atoms with Crippen LogP contribution in [0.2, 0.25) is 0 Å². The van der Waals surface area contributed by atoms with Gasteiger partial charge < -0.3 is 4.42 Å². The largest absolute Gasteiger partial charge is 0.456 e. The molecule has 0 aliphatic carbocycles. The number of hydrogen-bond acceptors (Lipinski definition) is 4. The van der Waals surface area contributed by atoms with Gasteiger partial charge in [-0.1, -0.05) is 127 Å². The van der Waals surface area contributed by atoms with Crippen LogP contribution in [0.3, 0.4) is 0 Å². The fraction of sp³-hybridized carbons (Fsp3) is 0.0196. The molecule has 0 N–H and O–H groups in total. The smallest absolute Gasteiger partial charge is 0.184 e. The Kier molecular flexibility index (Phi) is 7.12. The van der Waals surface area contributed by atoms with Crippen molar-refractivity contribution in [1.29, 1.82) is 0 Å². The molecule has 1 aliphatic heterocycles. The van der Waals surface area contributed by atoms with E-state index in [0.717, 1.165) is 71.6 Å².